The Morgan fingerprint density at radius 3 is 2.44 bits per heavy atom. The van der Waals surface area contributed by atoms with Crippen molar-refractivity contribution in [2.75, 3.05) is 7.05 Å². The van der Waals surface area contributed by atoms with E-state index in [9.17, 15) is 9.59 Å². The molecule has 0 aliphatic heterocycles. The van der Waals surface area contributed by atoms with E-state index < -0.39 is 5.69 Å². The lowest BCUT2D eigenvalue weighted by Gasteiger charge is -2.28. The summed E-state index contributed by atoms with van der Waals surface area (Å²) in [5.41, 5.74) is 1.28. The molecular formula is C19H18N4O2. The summed E-state index contributed by atoms with van der Waals surface area (Å²) in [6, 6.07) is 16.6. The molecule has 0 saturated heterocycles. The lowest BCUT2D eigenvalue weighted by atomic mass is 10.0. The van der Waals surface area contributed by atoms with E-state index in [1.807, 2.05) is 48.5 Å². The highest BCUT2D eigenvalue weighted by atomic mass is 16.2. The summed E-state index contributed by atoms with van der Waals surface area (Å²) in [7, 11) is 1.72. The highest BCUT2D eigenvalue weighted by molar-refractivity contribution is 5.76. The van der Waals surface area contributed by atoms with Crippen molar-refractivity contribution < 1.29 is 4.79 Å². The monoisotopic (exact) mass is 334 g/mol. The Bertz CT molecular complexity index is 854. The molecule has 3 rings (SSSR count). The quantitative estimate of drug-likeness (QED) is 0.714. The Labute approximate surface area is 145 Å². The molecule has 1 unspecified atom stereocenters. The van der Waals surface area contributed by atoms with Crippen molar-refractivity contribution in [1.82, 2.24) is 19.4 Å². The summed E-state index contributed by atoms with van der Waals surface area (Å²) >= 11 is 0. The number of amides is 1. The van der Waals surface area contributed by atoms with E-state index >= 15 is 0 Å². The van der Waals surface area contributed by atoms with E-state index in [1.54, 1.807) is 30.4 Å². The number of pyridine rings is 1. The van der Waals surface area contributed by atoms with Crippen LogP contribution in [-0.2, 0) is 11.3 Å². The van der Waals surface area contributed by atoms with Gasteiger partial charge >= 0.3 is 5.69 Å². The third-order valence-electron chi connectivity index (χ3n) is 3.95. The van der Waals surface area contributed by atoms with Gasteiger partial charge in [-0.3, -0.25) is 14.3 Å². The number of carbonyl (C=O) groups is 1. The normalized spacial score (nSPS) is 11.7. The summed E-state index contributed by atoms with van der Waals surface area (Å²) < 4.78 is 1.29. The molecule has 2 heterocycles. The number of likely N-dealkylation sites (N-methyl/N-ethyl adjacent to an activating group) is 1. The minimum absolute atomic E-state index is 0.0701. The molecule has 0 aliphatic rings. The Hall–Kier alpha value is -3.28. The van der Waals surface area contributed by atoms with Gasteiger partial charge in [-0.05, 0) is 23.8 Å². The van der Waals surface area contributed by atoms with Crippen LogP contribution in [-0.4, -0.2) is 32.4 Å². The predicted octanol–water partition coefficient (Wildman–Crippen LogP) is 1.89. The molecule has 0 radical (unpaired) electrons. The van der Waals surface area contributed by atoms with Crippen molar-refractivity contribution in [3.8, 4) is 0 Å². The van der Waals surface area contributed by atoms with Gasteiger partial charge in [0.2, 0.25) is 5.91 Å². The first-order valence-corrected chi connectivity index (χ1v) is 7.90. The topological polar surface area (TPSA) is 68.1 Å². The average Bonchev–Trinajstić information content (AvgIpc) is 2.65. The van der Waals surface area contributed by atoms with Crippen molar-refractivity contribution in [2.24, 2.45) is 0 Å². The van der Waals surface area contributed by atoms with Crippen LogP contribution in [0, 0.1) is 0 Å². The number of nitrogens with zero attached hydrogens (tertiary/aromatic N) is 4. The van der Waals surface area contributed by atoms with Gasteiger partial charge in [-0.25, -0.2) is 9.78 Å². The molecule has 0 saturated carbocycles. The maximum Gasteiger partial charge on any atom is 0.347 e. The van der Waals surface area contributed by atoms with Gasteiger partial charge in [0.1, 0.15) is 6.54 Å². The van der Waals surface area contributed by atoms with Crippen molar-refractivity contribution in [3.63, 3.8) is 0 Å². The smallest absolute Gasteiger partial charge is 0.331 e. The molecule has 6 nitrogen and oxygen atoms in total. The Balaban J connectivity index is 1.92. The zero-order valence-electron chi connectivity index (χ0n) is 13.8. The van der Waals surface area contributed by atoms with Crippen LogP contribution in [0.2, 0.25) is 0 Å². The number of benzene rings is 1. The molecule has 0 bridgehead atoms. The summed E-state index contributed by atoms with van der Waals surface area (Å²) in [5.74, 6) is -0.199. The van der Waals surface area contributed by atoms with E-state index in [4.69, 9.17) is 0 Å². The lowest BCUT2D eigenvalue weighted by Crippen LogP contribution is -2.37. The zero-order chi connectivity index (χ0) is 17.6. The summed E-state index contributed by atoms with van der Waals surface area (Å²) in [5, 5.41) is 0. The summed E-state index contributed by atoms with van der Waals surface area (Å²) in [6.07, 6.45) is 4.67. The molecule has 2 aromatic heterocycles. The zero-order valence-corrected chi connectivity index (χ0v) is 13.8. The van der Waals surface area contributed by atoms with Crippen LogP contribution in [0.4, 0.5) is 0 Å². The molecule has 0 fully saturated rings. The molecule has 0 N–H and O–H groups in total. The standard InChI is InChI=1S/C19H18N4O2/c1-22(17(24)14-23-13-7-12-21-19(23)25)18(15-8-3-2-4-9-15)16-10-5-6-11-20-16/h2-13,18H,14H2,1H3. The lowest BCUT2D eigenvalue weighted by molar-refractivity contribution is -0.132. The maximum atomic E-state index is 12.8. The first-order chi connectivity index (χ1) is 12.2. The fourth-order valence-electron chi connectivity index (χ4n) is 2.67. The van der Waals surface area contributed by atoms with Crippen molar-refractivity contribution >= 4 is 5.91 Å². The minimum atomic E-state index is -0.446. The molecule has 1 atom stereocenters. The first-order valence-electron chi connectivity index (χ1n) is 7.90. The van der Waals surface area contributed by atoms with Gasteiger partial charge in [-0.15, -0.1) is 0 Å². The SMILES string of the molecule is CN(C(=O)Cn1cccnc1=O)C(c1ccccc1)c1ccccn1. The van der Waals surface area contributed by atoms with E-state index in [0.29, 0.717) is 0 Å². The van der Waals surface area contributed by atoms with Gasteiger partial charge < -0.3 is 4.90 Å². The predicted molar refractivity (Wildman–Crippen MR) is 93.8 cm³/mol. The van der Waals surface area contributed by atoms with Crippen molar-refractivity contribution in [2.45, 2.75) is 12.6 Å². The molecule has 25 heavy (non-hydrogen) atoms. The largest absolute Gasteiger partial charge is 0.347 e. The summed E-state index contributed by atoms with van der Waals surface area (Å²) in [6.45, 7) is -0.0701. The molecule has 1 amide bonds. The Morgan fingerprint density at radius 1 is 1.04 bits per heavy atom. The second-order valence-electron chi connectivity index (χ2n) is 5.60. The second-order valence-corrected chi connectivity index (χ2v) is 5.60. The van der Waals surface area contributed by atoms with E-state index in [0.717, 1.165) is 11.3 Å². The van der Waals surface area contributed by atoms with Crippen LogP contribution in [0.25, 0.3) is 0 Å². The maximum absolute atomic E-state index is 12.8. The molecule has 0 spiro atoms. The van der Waals surface area contributed by atoms with Gasteiger partial charge in [-0.2, -0.15) is 0 Å². The van der Waals surface area contributed by atoms with Crippen LogP contribution in [0.15, 0.2) is 78.0 Å². The van der Waals surface area contributed by atoms with Crippen molar-refractivity contribution in [3.05, 3.63) is 94.9 Å². The number of hydrogen-bond donors (Lipinski definition) is 0. The third-order valence-corrected chi connectivity index (χ3v) is 3.95. The van der Waals surface area contributed by atoms with Crippen LogP contribution < -0.4 is 5.69 Å². The number of aromatic nitrogens is 3. The third kappa shape index (κ3) is 3.80. The molecule has 126 valence electrons. The number of rotatable bonds is 5. The molecule has 3 aromatic rings. The Kier molecular flexibility index (Phi) is 4.99. The van der Waals surface area contributed by atoms with E-state index in [-0.39, 0.29) is 18.5 Å². The van der Waals surface area contributed by atoms with Gasteiger partial charge in [0.05, 0.1) is 11.7 Å². The fraction of sp³-hybridized carbons (Fsp3) is 0.158. The van der Waals surface area contributed by atoms with Gasteiger partial charge in [-0.1, -0.05) is 36.4 Å². The van der Waals surface area contributed by atoms with Crippen molar-refractivity contribution in [1.29, 1.82) is 0 Å². The number of carbonyl (C=O) groups excluding carboxylic acids is 1. The van der Waals surface area contributed by atoms with Crippen LogP contribution in [0.1, 0.15) is 17.3 Å². The van der Waals surface area contributed by atoms with Crippen LogP contribution >= 0.6 is 0 Å². The van der Waals surface area contributed by atoms with E-state index in [1.165, 1.54) is 10.8 Å². The first kappa shape index (κ1) is 16.6. The van der Waals surface area contributed by atoms with Gasteiger partial charge in [0.25, 0.3) is 0 Å². The van der Waals surface area contributed by atoms with Crippen LogP contribution in [0.3, 0.4) is 0 Å². The van der Waals surface area contributed by atoms with Crippen LogP contribution in [0.5, 0.6) is 0 Å². The second kappa shape index (κ2) is 7.53. The van der Waals surface area contributed by atoms with E-state index in [2.05, 4.69) is 9.97 Å². The minimum Gasteiger partial charge on any atom is -0.331 e. The fourth-order valence-corrected chi connectivity index (χ4v) is 2.67. The Morgan fingerprint density at radius 2 is 1.76 bits per heavy atom. The highest BCUT2D eigenvalue weighted by Crippen LogP contribution is 2.26. The summed E-state index contributed by atoms with van der Waals surface area (Å²) in [4.78, 5) is 34.2. The molecular weight excluding hydrogens is 316 g/mol. The highest BCUT2D eigenvalue weighted by Gasteiger charge is 2.24. The molecule has 1 aromatic carbocycles. The van der Waals surface area contributed by atoms with Gasteiger partial charge in [0.15, 0.2) is 0 Å². The van der Waals surface area contributed by atoms with Gasteiger partial charge in [0, 0.05) is 25.6 Å². The average molecular weight is 334 g/mol. The molecule has 6 heteroatoms. The molecule has 0 aliphatic carbocycles. The number of hydrogen-bond acceptors (Lipinski definition) is 4.